The highest BCUT2D eigenvalue weighted by Gasteiger charge is 2.23. The van der Waals surface area contributed by atoms with Crippen molar-refractivity contribution in [3.05, 3.63) is 83.7 Å². The number of benzene rings is 3. The quantitative estimate of drug-likeness (QED) is 0.202. The first-order chi connectivity index (χ1) is 18.9. The molecule has 1 amide bonds. The van der Waals surface area contributed by atoms with E-state index >= 15 is 0 Å². The fourth-order valence-corrected chi connectivity index (χ4v) is 6.55. The van der Waals surface area contributed by atoms with Crippen LogP contribution in [0, 0.1) is 0 Å². The van der Waals surface area contributed by atoms with E-state index in [2.05, 4.69) is 10.3 Å². The SMILES string of the molecule is CCCN(CCC)S(=O)(=O)c1ccc(-c2ccc(C(=O)Nc3nc(-c4ccccc4OCC)cs3)cc2)cc1. The summed E-state index contributed by atoms with van der Waals surface area (Å²) in [5.74, 6) is 0.498. The van der Waals surface area contributed by atoms with Crippen LogP contribution < -0.4 is 10.1 Å². The molecule has 0 unspecified atom stereocenters. The molecule has 7 nitrogen and oxygen atoms in total. The van der Waals surface area contributed by atoms with Crippen LogP contribution >= 0.6 is 11.3 Å². The Balaban J connectivity index is 1.44. The number of nitrogens with zero attached hydrogens (tertiary/aromatic N) is 2. The van der Waals surface area contributed by atoms with Gasteiger partial charge < -0.3 is 4.74 Å². The molecule has 0 spiro atoms. The molecule has 0 saturated heterocycles. The van der Waals surface area contributed by atoms with Gasteiger partial charge in [0.25, 0.3) is 5.91 Å². The Kier molecular flexibility index (Phi) is 9.50. The smallest absolute Gasteiger partial charge is 0.257 e. The van der Waals surface area contributed by atoms with Crippen LogP contribution in [0.5, 0.6) is 5.75 Å². The molecule has 4 aromatic rings. The number of rotatable bonds is 12. The molecule has 1 aromatic heterocycles. The van der Waals surface area contributed by atoms with E-state index in [-0.39, 0.29) is 10.8 Å². The average molecular weight is 564 g/mol. The second kappa shape index (κ2) is 13.0. The minimum Gasteiger partial charge on any atom is -0.493 e. The molecule has 0 aliphatic heterocycles. The van der Waals surface area contributed by atoms with E-state index in [1.165, 1.54) is 11.3 Å². The third-order valence-electron chi connectivity index (χ3n) is 6.11. The fourth-order valence-electron chi connectivity index (χ4n) is 4.22. The molecule has 0 bridgehead atoms. The van der Waals surface area contributed by atoms with Crippen LogP contribution in [0.4, 0.5) is 5.13 Å². The molecule has 1 N–H and O–H groups in total. The zero-order valence-electron chi connectivity index (χ0n) is 22.4. The normalized spacial score (nSPS) is 11.5. The van der Waals surface area contributed by atoms with Crippen LogP contribution in [-0.2, 0) is 10.0 Å². The second-order valence-electron chi connectivity index (χ2n) is 8.93. The van der Waals surface area contributed by atoms with Crippen LogP contribution in [0.25, 0.3) is 22.4 Å². The molecular weight excluding hydrogens is 530 g/mol. The number of hydrogen-bond acceptors (Lipinski definition) is 6. The maximum Gasteiger partial charge on any atom is 0.257 e. The highest BCUT2D eigenvalue weighted by Crippen LogP contribution is 2.32. The van der Waals surface area contributed by atoms with Gasteiger partial charge in [0.05, 0.1) is 17.2 Å². The van der Waals surface area contributed by atoms with Gasteiger partial charge in [-0.1, -0.05) is 50.2 Å². The summed E-state index contributed by atoms with van der Waals surface area (Å²) in [5, 5.41) is 5.27. The molecule has 9 heteroatoms. The highest BCUT2D eigenvalue weighted by molar-refractivity contribution is 7.89. The van der Waals surface area contributed by atoms with Crippen LogP contribution in [-0.4, -0.2) is 43.3 Å². The Morgan fingerprint density at radius 3 is 2.13 bits per heavy atom. The molecule has 0 radical (unpaired) electrons. The van der Waals surface area contributed by atoms with Gasteiger partial charge in [-0.25, -0.2) is 13.4 Å². The first-order valence-electron chi connectivity index (χ1n) is 13.1. The topological polar surface area (TPSA) is 88.6 Å². The summed E-state index contributed by atoms with van der Waals surface area (Å²) < 4.78 is 33.3. The minimum absolute atomic E-state index is 0.256. The summed E-state index contributed by atoms with van der Waals surface area (Å²) in [6.45, 7) is 7.45. The van der Waals surface area contributed by atoms with Crippen molar-refractivity contribution < 1.29 is 17.9 Å². The lowest BCUT2D eigenvalue weighted by atomic mass is 10.0. The summed E-state index contributed by atoms with van der Waals surface area (Å²) in [6.07, 6.45) is 1.53. The van der Waals surface area contributed by atoms with Gasteiger partial charge in [-0.3, -0.25) is 10.1 Å². The summed E-state index contributed by atoms with van der Waals surface area (Å²) in [7, 11) is -3.53. The van der Waals surface area contributed by atoms with Gasteiger partial charge in [0.15, 0.2) is 5.13 Å². The Labute approximate surface area is 234 Å². The van der Waals surface area contributed by atoms with Crippen molar-refractivity contribution in [3.63, 3.8) is 0 Å². The number of aromatic nitrogens is 1. The molecular formula is C30H33N3O4S2. The van der Waals surface area contributed by atoms with Crippen LogP contribution in [0.2, 0.25) is 0 Å². The lowest BCUT2D eigenvalue weighted by Gasteiger charge is -2.21. The van der Waals surface area contributed by atoms with E-state index in [9.17, 15) is 13.2 Å². The zero-order valence-corrected chi connectivity index (χ0v) is 24.0. The first-order valence-corrected chi connectivity index (χ1v) is 15.4. The van der Waals surface area contributed by atoms with Crippen LogP contribution in [0.3, 0.4) is 0 Å². The molecule has 39 heavy (non-hydrogen) atoms. The Morgan fingerprint density at radius 1 is 0.897 bits per heavy atom. The second-order valence-corrected chi connectivity index (χ2v) is 11.7. The molecule has 0 saturated carbocycles. The molecule has 3 aromatic carbocycles. The van der Waals surface area contributed by atoms with Crippen molar-refractivity contribution >= 4 is 32.4 Å². The van der Waals surface area contributed by atoms with Gasteiger partial charge >= 0.3 is 0 Å². The van der Waals surface area contributed by atoms with Gasteiger partial charge in [0.1, 0.15) is 5.75 Å². The van der Waals surface area contributed by atoms with E-state index in [0.29, 0.717) is 30.4 Å². The molecule has 0 atom stereocenters. The summed E-state index contributed by atoms with van der Waals surface area (Å²) in [4.78, 5) is 17.7. The minimum atomic E-state index is -3.53. The van der Waals surface area contributed by atoms with Crippen molar-refractivity contribution in [2.24, 2.45) is 0 Å². The third kappa shape index (κ3) is 6.73. The monoisotopic (exact) mass is 563 g/mol. The molecule has 1 heterocycles. The molecule has 0 fully saturated rings. The van der Waals surface area contributed by atoms with Crippen LogP contribution in [0.15, 0.2) is 83.1 Å². The van der Waals surface area contributed by atoms with E-state index in [1.54, 1.807) is 40.7 Å². The van der Waals surface area contributed by atoms with Gasteiger partial charge in [-0.05, 0) is 67.3 Å². The predicted molar refractivity (Wildman–Crippen MR) is 158 cm³/mol. The number of sulfonamides is 1. The number of para-hydroxylation sites is 1. The number of carbonyl (C=O) groups is 1. The first kappa shape index (κ1) is 28.5. The summed E-state index contributed by atoms with van der Waals surface area (Å²) in [5.41, 5.74) is 3.88. The van der Waals surface area contributed by atoms with E-state index in [0.717, 1.165) is 41.0 Å². The number of ether oxygens (including phenoxy) is 1. The molecule has 204 valence electrons. The largest absolute Gasteiger partial charge is 0.493 e. The van der Waals surface area contributed by atoms with Gasteiger partial charge in [0, 0.05) is 29.6 Å². The van der Waals surface area contributed by atoms with E-state index in [4.69, 9.17) is 4.74 Å². The number of amides is 1. The van der Waals surface area contributed by atoms with Crippen molar-refractivity contribution in [2.75, 3.05) is 25.0 Å². The lowest BCUT2D eigenvalue weighted by molar-refractivity contribution is 0.102. The Morgan fingerprint density at radius 2 is 1.51 bits per heavy atom. The maximum absolute atomic E-state index is 13.0. The number of nitrogens with one attached hydrogen (secondary N) is 1. The van der Waals surface area contributed by atoms with Gasteiger partial charge in [-0.15, -0.1) is 11.3 Å². The maximum atomic E-state index is 13.0. The standard InChI is InChI=1S/C30H33N3O4S2/c1-4-19-33(20-5-2)39(35,36)25-17-15-23(16-18-25)22-11-13-24(14-12-22)29(34)32-30-31-27(21-38-30)26-9-7-8-10-28(26)37-6-3/h7-18,21H,4-6,19-20H2,1-3H3,(H,31,32,34). The average Bonchev–Trinajstić information content (AvgIpc) is 3.42. The molecule has 4 rings (SSSR count). The number of hydrogen-bond donors (Lipinski definition) is 1. The molecule has 0 aliphatic carbocycles. The zero-order chi connectivity index (χ0) is 27.8. The third-order valence-corrected chi connectivity index (χ3v) is 8.78. The number of anilines is 1. The van der Waals surface area contributed by atoms with Gasteiger partial charge in [0.2, 0.25) is 10.0 Å². The Bertz CT molecular complexity index is 1490. The van der Waals surface area contributed by atoms with Gasteiger partial charge in [-0.2, -0.15) is 4.31 Å². The fraction of sp³-hybridized carbons (Fsp3) is 0.267. The lowest BCUT2D eigenvalue weighted by Crippen LogP contribution is -2.32. The number of thiazole rings is 1. The summed E-state index contributed by atoms with van der Waals surface area (Å²) >= 11 is 1.35. The van der Waals surface area contributed by atoms with Crippen molar-refractivity contribution in [2.45, 2.75) is 38.5 Å². The summed E-state index contributed by atoms with van der Waals surface area (Å²) in [6, 6.07) is 21.8. The van der Waals surface area contributed by atoms with E-state index in [1.807, 2.05) is 62.5 Å². The van der Waals surface area contributed by atoms with Crippen molar-refractivity contribution in [3.8, 4) is 28.1 Å². The Hall–Kier alpha value is -3.53. The predicted octanol–water partition coefficient (Wildman–Crippen LogP) is 6.94. The van der Waals surface area contributed by atoms with E-state index < -0.39 is 10.0 Å². The highest BCUT2D eigenvalue weighted by atomic mass is 32.2. The van der Waals surface area contributed by atoms with Crippen LogP contribution in [0.1, 0.15) is 44.0 Å². The number of carbonyl (C=O) groups excluding carboxylic acids is 1. The van der Waals surface area contributed by atoms with Crippen molar-refractivity contribution in [1.82, 2.24) is 9.29 Å². The van der Waals surface area contributed by atoms with Crippen molar-refractivity contribution in [1.29, 1.82) is 0 Å². The molecule has 0 aliphatic rings.